The molecule has 0 heterocycles. The molecule has 78 valence electrons. The summed E-state index contributed by atoms with van der Waals surface area (Å²) < 4.78 is 0. The number of para-hydroxylation sites is 1. The van der Waals surface area contributed by atoms with E-state index in [1.54, 1.807) is 0 Å². The average Bonchev–Trinajstić information content (AvgIpc) is 2.26. The van der Waals surface area contributed by atoms with E-state index in [4.69, 9.17) is 5.84 Å². The highest BCUT2D eigenvalue weighted by Gasteiger charge is 2.07. The molecule has 1 rings (SSSR count). The SMILES string of the molecule is CCC(CC)Cc1ccccc1NN. The molecule has 2 heteroatoms. The second-order valence-corrected chi connectivity index (χ2v) is 3.69. The van der Waals surface area contributed by atoms with Gasteiger partial charge in [-0.1, -0.05) is 44.9 Å². The van der Waals surface area contributed by atoms with Gasteiger partial charge in [-0.15, -0.1) is 0 Å². The summed E-state index contributed by atoms with van der Waals surface area (Å²) in [6.07, 6.45) is 3.58. The molecule has 0 bridgehead atoms. The zero-order valence-corrected chi connectivity index (χ0v) is 9.09. The Morgan fingerprint density at radius 2 is 1.86 bits per heavy atom. The Morgan fingerprint density at radius 1 is 1.21 bits per heavy atom. The lowest BCUT2D eigenvalue weighted by molar-refractivity contribution is 0.491. The third kappa shape index (κ3) is 2.74. The molecular formula is C12H20N2. The first-order chi connectivity index (χ1) is 6.81. The van der Waals surface area contributed by atoms with Crippen LogP contribution in [-0.4, -0.2) is 0 Å². The molecular weight excluding hydrogens is 172 g/mol. The summed E-state index contributed by atoms with van der Waals surface area (Å²) in [6, 6.07) is 8.25. The van der Waals surface area contributed by atoms with E-state index in [9.17, 15) is 0 Å². The number of hydrogen-bond acceptors (Lipinski definition) is 2. The zero-order valence-electron chi connectivity index (χ0n) is 9.09. The largest absolute Gasteiger partial charge is 0.324 e. The van der Waals surface area contributed by atoms with Crippen LogP contribution in [-0.2, 0) is 6.42 Å². The summed E-state index contributed by atoms with van der Waals surface area (Å²) in [4.78, 5) is 0. The van der Waals surface area contributed by atoms with Gasteiger partial charge in [0, 0.05) is 0 Å². The number of anilines is 1. The first-order valence-electron chi connectivity index (χ1n) is 5.36. The molecule has 0 aliphatic carbocycles. The van der Waals surface area contributed by atoms with Gasteiger partial charge in [0.2, 0.25) is 0 Å². The predicted molar refractivity (Wildman–Crippen MR) is 62.0 cm³/mol. The van der Waals surface area contributed by atoms with Crippen molar-refractivity contribution in [3.63, 3.8) is 0 Å². The second kappa shape index (κ2) is 5.66. The van der Waals surface area contributed by atoms with Gasteiger partial charge in [-0.2, -0.15) is 0 Å². The van der Waals surface area contributed by atoms with Crippen LogP contribution < -0.4 is 11.3 Å². The minimum Gasteiger partial charge on any atom is -0.324 e. The number of nitrogens with two attached hydrogens (primary N) is 1. The van der Waals surface area contributed by atoms with Gasteiger partial charge in [0.25, 0.3) is 0 Å². The third-order valence-corrected chi connectivity index (χ3v) is 2.84. The lowest BCUT2D eigenvalue weighted by Crippen LogP contribution is -2.11. The molecule has 0 aliphatic rings. The fourth-order valence-electron chi connectivity index (χ4n) is 1.73. The van der Waals surface area contributed by atoms with Crippen molar-refractivity contribution in [1.82, 2.24) is 0 Å². The lowest BCUT2D eigenvalue weighted by atomic mass is 9.94. The quantitative estimate of drug-likeness (QED) is 0.556. The van der Waals surface area contributed by atoms with Gasteiger partial charge in [-0.05, 0) is 24.0 Å². The van der Waals surface area contributed by atoms with Gasteiger partial charge in [-0.25, -0.2) is 0 Å². The van der Waals surface area contributed by atoms with Gasteiger partial charge in [-0.3, -0.25) is 5.84 Å². The Balaban J connectivity index is 2.74. The summed E-state index contributed by atoms with van der Waals surface area (Å²) in [6.45, 7) is 4.49. The number of nitrogens with one attached hydrogen (secondary N) is 1. The fourth-order valence-corrected chi connectivity index (χ4v) is 1.73. The second-order valence-electron chi connectivity index (χ2n) is 3.69. The molecule has 0 atom stereocenters. The Kier molecular flexibility index (Phi) is 4.47. The van der Waals surface area contributed by atoms with Crippen LogP contribution in [0.3, 0.4) is 0 Å². The molecule has 0 radical (unpaired) electrons. The van der Waals surface area contributed by atoms with E-state index in [1.165, 1.54) is 18.4 Å². The Labute approximate surface area is 86.5 Å². The van der Waals surface area contributed by atoms with E-state index in [-0.39, 0.29) is 0 Å². The van der Waals surface area contributed by atoms with Crippen molar-refractivity contribution in [3.05, 3.63) is 29.8 Å². The van der Waals surface area contributed by atoms with Crippen molar-refractivity contribution in [2.24, 2.45) is 11.8 Å². The number of rotatable bonds is 5. The maximum absolute atomic E-state index is 5.46. The predicted octanol–water partition coefficient (Wildman–Crippen LogP) is 2.95. The molecule has 0 aromatic heterocycles. The van der Waals surface area contributed by atoms with Crippen molar-refractivity contribution in [3.8, 4) is 0 Å². The maximum Gasteiger partial charge on any atom is 0.0517 e. The van der Waals surface area contributed by atoms with E-state index in [1.807, 2.05) is 12.1 Å². The molecule has 14 heavy (non-hydrogen) atoms. The third-order valence-electron chi connectivity index (χ3n) is 2.84. The van der Waals surface area contributed by atoms with Crippen LogP contribution in [0.25, 0.3) is 0 Å². The van der Waals surface area contributed by atoms with Crippen LogP contribution >= 0.6 is 0 Å². The summed E-state index contributed by atoms with van der Waals surface area (Å²) in [5.41, 5.74) is 5.13. The summed E-state index contributed by atoms with van der Waals surface area (Å²) in [5, 5.41) is 0. The van der Waals surface area contributed by atoms with Crippen molar-refractivity contribution in [2.45, 2.75) is 33.1 Å². The normalized spacial score (nSPS) is 10.6. The van der Waals surface area contributed by atoms with Crippen LogP contribution in [0.2, 0.25) is 0 Å². The van der Waals surface area contributed by atoms with E-state index >= 15 is 0 Å². The Hall–Kier alpha value is -1.02. The van der Waals surface area contributed by atoms with Gasteiger partial charge < -0.3 is 5.43 Å². The summed E-state index contributed by atoms with van der Waals surface area (Å²) in [7, 11) is 0. The zero-order chi connectivity index (χ0) is 10.4. The first kappa shape index (κ1) is 11.1. The van der Waals surface area contributed by atoms with Crippen molar-refractivity contribution in [2.75, 3.05) is 5.43 Å². The number of hydrazine groups is 1. The number of nitrogen functional groups attached to an aromatic ring is 1. The fraction of sp³-hybridized carbons (Fsp3) is 0.500. The molecule has 3 N–H and O–H groups in total. The number of benzene rings is 1. The first-order valence-corrected chi connectivity index (χ1v) is 5.36. The van der Waals surface area contributed by atoms with Gasteiger partial charge in [0.15, 0.2) is 0 Å². The highest BCUT2D eigenvalue weighted by atomic mass is 15.2. The van der Waals surface area contributed by atoms with Crippen LogP contribution in [0, 0.1) is 5.92 Å². The molecule has 0 unspecified atom stereocenters. The molecule has 0 spiro atoms. The van der Waals surface area contributed by atoms with Gasteiger partial charge in [0.1, 0.15) is 0 Å². The molecule has 1 aromatic rings. The Morgan fingerprint density at radius 3 is 2.43 bits per heavy atom. The molecule has 0 aliphatic heterocycles. The van der Waals surface area contributed by atoms with E-state index in [2.05, 4.69) is 31.4 Å². The molecule has 0 saturated heterocycles. The highest BCUT2D eigenvalue weighted by Crippen LogP contribution is 2.21. The molecule has 0 fully saturated rings. The minimum atomic E-state index is 0.768. The number of hydrogen-bond donors (Lipinski definition) is 2. The standard InChI is InChI=1S/C12H20N2/c1-3-10(4-2)9-11-7-5-6-8-12(11)14-13/h5-8,10,14H,3-4,9,13H2,1-2H3. The van der Waals surface area contributed by atoms with Crippen molar-refractivity contribution < 1.29 is 0 Å². The van der Waals surface area contributed by atoms with E-state index in [0.717, 1.165) is 18.0 Å². The van der Waals surface area contributed by atoms with Gasteiger partial charge in [0.05, 0.1) is 5.69 Å². The summed E-state index contributed by atoms with van der Waals surface area (Å²) in [5.74, 6) is 6.23. The van der Waals surface area contributed by atoms with E-state index in [0.29, 0.717) is 0 Å². The minimum absolute atomic E-state index is 0.768. The Bertz CT molecular complexity index is 267. The van der Waals surface area contributed by atoms with Gasteiger partial charge >= 0.3 is 0 Å². The smallest absolute Gasteiger partial charge is 0.0517 e. The summed E-state index contributed by atoms with van der Waals surface area (Å²) >= 11 is 0. The topological polar surface area (TPSA) is 38.0 Å². The van der Waals surface area contributed by atoms with Crippen molar-refractivity contribution in [1.29, 1.82) is 0 Å². The van der Waals surface area contributed by atoms with E-state index < -0.39 is 0 Å². The molecule has 1 aromatic carbocycles. The van der Waals surface area contributed by atoms with Crippen LogP contribution in [0.15, 0.2) is 24.3 Å². The average molecular weight is 192 g/mol. The van der Waals surface area contributed by atoms with Crippen LogP contribution in [0.4, 0.5) is 5.69 Å². The molecule has 0 saturated carbocycles. The monoisotopic (exact) mass is 192 g/mol. The highest BCUT2D eigenvalue weighted by molar-refractivity contribution is 5.50. The lowest BCUT2D eigenvalue weighted by Gasteiger charge is -2.14. The van der Waals surface area contributed by atoms with Crippen molar-refractivity contribution >= 4 is 5.69 Å². The molecule has 0 amide bonds. The maximum atomic E-state index is 5.46. The van der Waals surface area contributed by atoms with Crippen LogP contribution in [0.1, 0.15) is 32.3 Å². The molecule has 2 nitrogen and oxygen atoms in total. The van der Waals surface area contributed by atoms with Crippen LogP contribution in [0.5, 0.6) is 0 Å².